The van der Waals surface area contributed by atoms with Gasteiger partial charge in [-0.05, 0) is 6.92 Å². The van der Waals surface area contributed by atoms with Crippen LogP contribution in [-0.2, 0) is 3.07 Å². The predicted molar refractivity (Wildman–Crippen MR) is 46.2 cm³/mol. The van der Waals surface area contributed by atoms with E-state index in [0.717, 1.165) is 5.69 Å². The molecule has 0 atom stereocenters. The summed E-state index contributed by atoms with van der Waals surface area (Å²) in [5.74, 6) is -0.474. The Morgan fingerprint density at radius 3 is 2.73 bits per heavy atom. The smallest absolute Gasteiger partial charge is 0.367 e. The number of halogens is 1. The molecule has 4 nitrogen and oxygen atoms in total. The van der Waals surface area contributed by atoms with Crippen molar-refractivity contribution >= 4 is 29.0 Å². The summed E-state index contributed by atoms with van der Waals surface area (Å²) >= 11 is 1.51. The molecule has 0 radical (unpaired) electrons. The number of carbonyl (C=O) groups excluding carboxylic acids is 1. The summed E-state index contributed by atoms with van der Waals surface area (Å²) in [5, 5.41) is 0. The standard InChI is InChI=1S/C6H5IN2O2/c1-4-2-9-5(3-8-4)6(10)11-7/h2-3H,1H3. The molecule has 0 saturated carbocycles. The topological polar surface area (TPSA) is 52.1 Å². The highest BCUT2D eigenvalue weighted by Crippen LogP contribution is 1.99. The number of hydrogen-bond donors (Lipinski definition) is 0. The van der Waals surface area contributed by atoms with Crippen LogP contribution >= 0.6 is 23.0 Å². The molecule has 0 spiro atoms. The van der Waals surface area contributed by atoms with Crippen LogP contribution in [-0.4, -0.2) is 15.9 Å². The number of aromatic nitrogens is 2. The lowest BCUT2D eigenvalue weighted by Gasteiger charge is -1.94. The second-order valence-electron chi connectivity index (χ2n) is 1.91. The van der Waals surface area contributed by atoms with Crippen LogP contribution in [0, 0.1) is 6.92 Å². The van der Waals surface area contributed by atoms with Crippen LogP contribution < -0.4 is 0 Å². The molecule has 1 rings (SSSR count). The normalized spacial score (nSPS) is 9.27. The minimum absolute atomic E-state index is 0.227. The maximum atomic E-state index is 10.8. The number of carbonyl (C=O) groups is 1. The van der Waals surface area contributed by atoms with E-state index >= 15 is 0 Å². The zero-order chi connectivity index (χ0) is 8.27. The lowest BCUT2D eigenvalue weighted by molar-refractivity contribution is 0.0794. The van der Waals surface area contributed by atoms with Gasteiger partial charge in [0.05, 0.1) is 11.9 Å². The van der Waals surface area contributed by atoms with Crippen molar-refractivity contribution < 1.29 is 7.86 Å². The summed E-state index contributed by atoms with van der Waals surface area (Å²) in [6.45, 7) is 1.80. The third-order valence-electron chi connectivity index (χ3n) is 1.06. The molecule has 1 aromatic heterocycles. The number of aryl methyl sites for hydroxylation is 1. The van der Waals surface area contributed by atoms with E-state index in [0.29, 0.717) is 0 Å². The Bertz CT molecular complexity index is 260. The second kappa shape index (κ2) is 3.61. The lowest BCUT2D eigenvalue weighted by atomic mass is 10.4. The first-order valence-electron chi connectivity index (χ1n) is 2.85. The second-order valence-corrected chi connectivity index (χ2v) is 2.35. The van der Waals surface area contributed by atoms with E-state index in [9.17, 15) is 4.79 Å². The van der Waals surface area contributed by atoms with Crippen molar-refractivity contribution in [3.63, 3.8) is 0 Å². The van der Waals surface area contributed by atoms with Crippen LogP contribution in [0.25, 0.3) is 0 Å². The first-order chi connectivity index (χ1) is 5.24. The first kappa shape index (κ1) is 8.38. The Kier molecular flexibility index (Phi) is 2.75. The van der Waals surface area contributed by atoms with Gasteiger partial charge >= 0.3 is 5.97 Å². The fourth-order valence-electron chi connectivity index (χ4n) is 0.538. The molecule has 0 fully saturated rings. The molecule has 5 heteroatoms. The maximum Gasteiger partial charge on any atom is 0.367 e. The Balaban J connectivity index is 2.90. The summed E-state index contributed by atoms with van der Waals surface area (Å²) in [6, 6.07) is 0. The van der Waals surface area contributed by atoms with Gasteiger partial charge in [0.15, 0.2) is 28.7 Å². The van der Waals surface area contributed by atoms with Crippen LogP contribution in [0.3, 0.4) is 0 Å². The summed E-state index contributed by atoms with van der Waals surface area (Å²) in [5.41, 5.74) is 1.00. The molecule has 0 aliphatic carbocycles. The van der Waals surface area contributed by atoms with Crippen molar-refractivity contribution in [1.82, 2.24) is 9.97 Å². The SMILES string of the molecule is Cc1cnc(C(=O)OI)cn1. The third kappa shape index (κ3) is 2.11. The maximum absolute atomic E-state index is 10.8. The van der Waals surface area contributed by atoms with Gasteiger partial charge in [-0.3, -0.25) is 4.98 Å². The molecule has 0 N–H and O–H groups in total. The molecule has 1 aromatic rings. The molecular weight excluding hydrogens is 259 g/mol. The Hall–Kier alpha value is -0.720. The van der Waals surface area contributed by atoms with E-state index in [1.54, 1.807) is 6.92 Å². The molecule has 0 aliphatic heterocycles. The van der Waals surface area contributed by atoms with Gasteiger partial charge in [0.25, 0.3) is 0 Å². The molecule has 11 heavy (non-hydrogen) atoms. The zero-order valence-corrected chi connectivity index (χ0v) is 7.90. The highest BCUT2D eigenvalue weighted by atomic mass is 127. The Labute approximate surface area is 77.7 Å². The van der Waals surface area contributed by atoms with Crippen molar-refractivity contribution in [1.29, 1.82) is 0 Å². The van der Waals surface area contributed by atoms with Gasteiger partial charge in [-0.15, -0.1) is 0 Å². The Morgan fingerprint density at radius 2 is 2.27 bits per heavy atom. The summed E-state index contributed by atoms with van der Waals surface area (Å²) in [6.07, 6.45) is 2.90. The minimum atomic E-state index is -0.474. The zero-order valence-electron chi connectivity index (χ0n) is 5.74. The monoisotopic (exact) mass is 264 g/mol. The van der Waals surface area contributed by atoms with E-state index in [4.69, 9.17) is 0 Å². The summed E-state index contributed by atoms with van der Waals surface area (Å²) < 4.78 is 4.40. The van der Waals surface area contributed by atoms with E-state index in [1.807, 2.05) is 0 Å². The molecule has 58 valence electrons. The summed E-state index contributed by atoms with van der Waals surface area (Å²) in [7, 11) is 0. The highest BCUT2D eigenvalue weighted by Gasteiger charge is 2.06. The molecule has 0 aliphatic rings. The molecular formula is C6H5IN2O2. The van der Waals surface area contributed by atoms with Crippen molar-refractivity contribution in [3.05, 3.63) is 23.8 Å². The average molecular weight is 264 g/mol. The van der Waals surface area contributed by atoms with Crippen LogP contribution in [0.5, 0.6) is 0 Å². The van der Waals surface area contributed by atoms with E-state index < -0.39 is 5.97 Å². The summed E-state index contributed by atoms with van der Waals surface area (Å²) in [4.78, 5) is 18.5. The van der Waals surface area contributed by atoms with Gasteiger partial charge in [0, 0.05) is 6.20 Å². The number of rotatable bonds is 1. The van der Waals surface area contributed by atoms with Crippen molar-refractivity contribution in [2.24, 2.45) is 0 Å². The van der Waals surface area contributed by atoms with Crippen molar-refractivity contribution in [2.75, 3.05) is 0 Å². The predicted octanol–water partition coefficient (Wildman–Crippen LogP) is 1.29. The largest absolute Gasteiger partial charge is 0.390 e. The van der Waals surface area contributed by atoms with Gasteiger partial charge < -0.3 is 3.07 Å². The fraction of sp³-hybridized carbons (Fsp3) is 0.167. The molecule has 0 unspecified atom stereocenters. The quantitative estimate of drug-likeness (QED) is 0.717. The van der Waals surface area contributed by atoms with Gasteiger partial charge in [-0.1, -0.05) is 0 Å². The highest BCUT2D eigenvalue weighted by molar-refractivity contribution is 14.1. The van der Waals surface area contributed by atoms with Crippen molar-refractivity contribution in [3.8, 4) is 0 Å². The fourth-order valence-corrected chi connectivity index (χ4v) is 0.763. The van der Waals surface area contributed by atoms with Crippen LogP contribution in [0.2, 0.25) is 0 Å². The van der Waals surface area contributed by atoms with Gasteiger partial charge in [0.1, 0.15) is 0 Å². The Morgan fingerprint density at radius 1 is 1.55 bits per heavy atom. The van der Waals surface area contributed by atoms with E-state index in [1.165, 1.54) is 35.4 Å². The van der Waals surface area contributed by atoms with E-state index in [2.05, 4.69) is 13.0 Å². The van der Waals surface area contributed by atoms with E-state index in [-0.39, 0.29) is 5.69 Å². The van der Waals surface area contributed by atoms with Crippen molar-refractivity contribution in [2.45, 2.75) is 6.92 Å². The number of hydrogen-bond acceptors (Lipinski definition) is 4. The number of nitrogens with zero attached hydrogens (tertiary/aromatic N) is 2. The van der Waals surface area contributed by atoms with Gasteiger partial charge in [-0.25, -0.2) is 9.78 Å². The molecule has 0 amide bonds. The lowest BCUT2D eigenvalue weighted by Crippen LogP contribution is -2.01. The molecule has 1 heterocycles. The van der Waals surface area contributed by atoms with Gasteiger partial charge in [0.2, 0.25) is 0 Å². The molecule has 0 bridgehead atoms. The van der Waals surface area contributed by atoms with Crippen LogP contribution in [0.4, 0.5) is 0 Å². The van der Waals surface area contributed by atoms with Gasteiger partial charge in [-0.2, -0.15) is 0 Å². The minimum Gasteiger partial charge on any atom is -0.390 e. The third-order valence-corrected chi connectivity index (χ3v) is 1.46. The van der Waals surface area contributed by atoms with Crippen LogP contribution in [0.15, 0.2) is 12.4 Å². The first-order valence-corrected chi connectivity index (χ1v) is 3.73. The average Bonchev–Trinajstić information content (AvgIpc) is 2.05. The molecule has 0 aromatic carbocycles. The van der Waals surface area contributed by atoms with Crippen LogP contribution in [0.1, 0.15) is 16.2 Å². The molecule has 0 saturated heterocycles.